The number of amides is 1. The van der Waals surface area contributed by atoms with Gasteiger partial charge < -0.3 is 5.32 Å². The number of aryl methyl sites for hydroxylation is 2. The van der Waals surface area contributed by atoms with Gasteiger partial charge in [0.25, 0.3) is 0 Å². The fourth-order valence-corrected chi connectivity index (χ4v) is 4.30. The van der Waals surface area contributed by atoms with Gasteiger partial charge in [0.1, 0.15) is 22.0 Å². The van der Waals surface area contributed by atoms with Crippen LogP contribution in [-0.2, 0) is 4.79 Å². The lowest BCUT2D eigenvalue weighted by Crippen LogP contribution is -2.23. The van der Waals surface area contributed by atoms with Gasteiger partial charge in [-0.3, -0.25) is 4.79 Å². The molecule has 1 atom stereocenters. The summed E-state index contributed by atoms with van der Waals surface area (Å²) in [7, 11) is 0. The Bertz CT molecular complexity index is 910. The number of hydrogen-bond acceptors (Lipinski definition) is 5. The molecule has 2 aromatic heterocycles. The number of para-hydroxylation sites is 1. The highest BCUT2D eigenvalue weighted by Crippen LogP contribution is 2.36. The molecule has 0 spiro atoms. The number of hydrogen-bond donors (Lipinski definition) is 1. The summed E-state index contributed by atoms with van der Waals surface area (Å²) in [4.78, 5) is 23.1. The molecule has 124 valence electrons. The van der Waals surface area contributed by atoms with Crippen molar-refractivity contribution >= 4 is 44.9 Å². The standard InChI is InChI=1S/C17H16FN3OS2/c1-9-10(2)23-16-14(9)17(20-8-19-16)24-11(3)15(22)21-13-7-5-4-6-12(13)18/h4-8,11H,1-3H3,(H,21,22)/t11-/m1/s1. The molecular formula is C17H16FN3OS2. The molecule has 1 aromatic carbocycles. The van der Waals surface area contributed by atoms with Gasteiger partial charge in [0.2, 0.25) is 5.91 Å². The predicted molar refractivity (Wildman–Crippen MR) is 97.2 cm³/mol. The second-order valence-electron chi connectivity index (χ2n) is 5.37. The number of halogens is 1. The molecule has 0 saturated heterocycles. The molecule has 0 aliphatic rings. The Morgan fingerprint density at radius 3 is 2.79 bits per heavy atom. The minimum absolute atomic E-state index is 0.186. The van der Waals surface area contributed by atoms with E-state index in [4.69, 9.17) is 0 Å². The quantitative estimate of drug-likeness (QED) is 0.546. The molecule has 2 heterocycles. The van der Waals surface area contributed by atoms with Crippen molar-refractivity contribution < 1.29 is 9.18 Å². The van der Waals surface area contributed by atoms with Crippen LogP contribution in [0, 0.1) is 19.7 Å². The number of thioether (sulfide) groups is 1. The molecule has 24 heavy (non-hydrogen) atoms. The molecule has 0 saturated carbocycles. The second kappa shape index (κ2) is 6.86. The maximum absolute atomic E-state index is 13.7. The molecule has 3 rings (SSSR count). The van der Waals surface area contributed by atoms with Crippen LogP contribution in [0.15, 0.2) is 35.6 Å². The van der Waals surface area contributed by atoms with E-state index in [0.29, 0.717) is 0 Å². The lowest BCUT2D eigenvalue weighted by Gasteiger charge is -2.12. The van der Waals surface area contributed by atoms with Crippen LogP contribution in [-0.4, -0.2) is 21.1 Å². The third-order valence-corrected chi connectivity index (χ3v) is 5.94. The molecule has 0 bridgehead atoms. The number of thiophene rings is 1. The minimum Gasteiger partial charge on any atom is -0.323 e. The molecule has 7 heteroatoms. The molecule has 3 aromatic rings. The van der Waals surface area contributed by atoms with Gasteiger partial charge in [0.15, 0.2) is 0 Å². The molecule has 4 nitrogen and oxygen atoms in total. The number of aromatic nitrogens is 2. The highest BCUT2D eigenvalue weighted by molar-refractivity contribution is 8.00. The Morgan fingerprint density at radius 2 is 2.04 bits per heavy atom. The highest BCUT2D eigenvalue weighted by Gasteiger charge is 2.20. The molecule has 1 amide bonds. The molecule has 0 aliphatic carbocycles. The number of fused-ring (bicyclic) bond motifs is 1. The van der Waals surface area contributed by atoms with Crippen LogP contribution in [0.4, 0.5) is 10.1 Å². The summed E-state index contributed by atoms with van der Waals surface area (Å²) in [6, 6.07) is 6.13. The first-order chi connectivity index (χ1) is 11.5. The van der Waals surface area contributed by atoms with E-state index in [2.05, 4.69) is 15.3 Å². The van der Waals surface area contributed by atoms with Gasteiger partial charge in [-0.2, -0.15) is 0 Å². The van der Waals surface area contributed by atoms with Crippen LogP contribution < -0.4 is 5.32 Å². The lowest BCUT2D eigenvalue weighted by atomic mass is 10.2. The van der Waals surface area contributed by atoms with E-state index in [1.54, 1.807) is 36.5 Å². The number of carbonyl (C=O) groups is 1. The Morgan fingerprint density at radius 1 is 1.29 bits per heavy atom. The van der Waals surface area contributed by atoms with Crippen LogP contribution in [0.1, 0.15) is 17.4 Å². The average Bonchev–Trinajstić information content (AvgIpc) is 2.85. The van der Waals surface area contributed by atoms with Crippen molar-refractivity contribution in [1.29, 1.82) is 0 Å². The summed E-state index contributed by atoms with van der Waals surface area (Å²) in [6.45, 7) is 5.86. The fraction of sp³-hybridized carbons (Fsp3) is 0.235. The summed E-state index contributed by atoms with van der Waals surface area (Å²) < 4.78 is 13.7. The molecular weight excluding hydrogens is 345 g/mol. The van der Waals surface area contributed by atoms with E-state index in [1.165, 1.54) is 29.0 Å². The van der Waals surface area contributed by atoms with E-state index in [9.17, 15) is 9.18 Å². The number of nitrogens with zero attached hydrogens (tertiary/aromatic N) is 2. The molecule has 0 unspecified atom stereocenters. The van der Waals surface area contributed by atoms with Crippen molar-refractivity contribution in [1.82, 2.24) is 9.97 Å². The average molecular weight is 361 g/mol. The predicted octanol–water partition coefficient (Wildman–Crippen LogP) is 4.57. The van der Waals surface area contributed by atoms with Gasteiger partial charge in [-0.1, -0.05) is 23.9 Å². The first-order valence-electron chi connectivity index (χ1n) is 7.40. The summed E-state index contributed by atoms with van der Waals surface area (Å²) in [6.07, 6.45) is 1.52. The Kier molecular flexibility index (Phi) is 4.82. The number of benzene rings is 1. The largest absolute Gasteiger partial charge is 0.323 e. The third kappa shape index (κ3) is 3.27. The van der Waals surface area contributed by atoms with Crippen LogP contribution in [0.3, 0.4) is 0 Å². The van der Waals surface area contributed by atoms with E-state index < -0.39 is 11.1 Å². The SMILES string of the molecule is Cc1sc2ncnc(S[C@H](C)C(=O)Nc3ccccc3F)c2c1C. The van der Waals surface area contributed by atoms with Crippen molar-refractivity contribution in [2.24, 2.45) is 0 Å². The zero-order valence-electron chi connectivity index (χ0n) is 13.5. The van der Waals surface area contributed by atoms with E-state index in [0.717, 1.165) is 20.8 Å². The summed E-state index contributed by atoms with van der Waals surface area (Å²) >= 11 is 2.97. The van der Waals surface area contributed by atoms with Gasteiger partial charge in [0, 0.05) is 10.3 Å². The fourth-order valence-electron chi connectivity index (χ4n) is 2.26. The number of rotatable bonds is 4. The van der Waals surface area contributed by atoms with E-state index >= 15 is 0 Å². The highest BCUT2D eigenvalue weighted by atomic mass is 32.2. The lowest BCUT2D eigenvalue weighted by molar-refractivity contribution is -0.115. The van der Waals surface area contributed by atoms with Crippen LogP contribution in [0.25, 0.3) is 10.2 Å². The van der Waals surface area contributed by atoms with Gasteiger partial charge in [-0.25, -0.2) is 14.4 Å². The first-order valence-corrected chi connectivity index (χ1v) is 9.09. The molecule has 0 aliphatic heterocycles. The number of carbonyl (C=O) groups excluding carboxylic acids is 1. The second-order valence-corrected chi connectivity index (χ2v) is 7.90. The topological polar surface area (TPSA) is 54.9 Å². The number of anilines is 1. The van der Waals surface area contributed by atoms with Crippen molar-refractivity contribution in [2.45, 2.75) is 31.0 Å². The summed E-state index contributed by atoms with van der Waals surface area (Å²) in [5, 5.41) is 3.98. The third-order valence-electron chi connectivity index (χ3n) is 3.72. The van der Waals surface area contributed by atoms with Crippen molar-refractivity contribution in [3.05, 3.63) is 46.9 Å². The van der Waals surface area contributed by atoms with E-state index in [-0.39, 0.29) is 11.6 Å². The van der Waals surface area contributed by atoms with Gasteiger partial charge in [-0.15, -0.1) is 11.3 Å². The molecule has 0 radical (unpaired) electrons. The van der Waals surface area contributed by atoms with Crippen molar-refractivity contribution in [3.8, 4) is 0 Å². The van der Waals surface area contributed by atoms with Crippen LogP contribution in [0.5, 0.6) is 0 Å². The molecule has 0 fully saturated rings. The maximum atomic E-state index is 13.7. The Hall–Kier alpha value is -1.99. The smallest absolute Gasteiger partial charge is 0.237 e. The summed E-state index contributed by atoms with van der Waals surface area (Å²) in [5.74, 6) is -0.710. The van der Waals surface area contributed by atoms with Crippen molar-refractivity contribution in [2.75, 3.05) is 5.32 Å². The number of nitrogens with one attached hydrogen (secondary N) is 1. The van der Waals surface area contributed by atoms with Crippen LogP contribution in [0.2, 0.25) is 0 Å². The van der Waals surface area contributed by atoms with Crippen molar-refractivity contribution in [3.63, 3.8) is 0 Å². The Balaban J connectivity index is 1.81. The van der Waals surface area contributed by atoms with Crippen LogP contribution >= 0.6 is 23.1 Å². The Labute approximate surface area is 147 Å². The maximum Gasteiger partial charge on any atom is 0.237 e. The van der Waals surface area contributed by atoms with Gasteiger partial charge >= 0.3 is 0 Å². The molecule has 1 N–H and O–H groups in total. The minimum atomic E-state index is -0.447. The monoisotopic (exact) mass is 361 g/mol. The van der Waals surface area contributed by atoms with Gasteiger partial charge in [-0.05, 0) is 38.5 Å². The zero-order chi connectivity index (χ0) is 17.3. The van der Waals surface area contributed by atoms with Gasteiger partial charge in [0.05, 0.1) is 10.9 Å². The normalized spacial score (nSPS) is 12.3. The summed E-state index contributed by atoms with van der Waals surface area (Å²) in [5.41, 5.74) is 1.32. The van der Waals surface area contributed by atoms with E-state index in [1.807, 2.05) is 13.8 Å². The zero-order valence-corrected chi connectivity index (χ0v) is 15.1. The first kappa shape index (κ1) is 16.9.